The summed E-state index contributed by atoms with van der Waals surface area (Å²) in [6.07, 6.45) is 2.02. The van der Waals surface area contributed by atoms with Gasteiger partial charge in [0.2, 0.25) is 0 Å². The van der Waals surface area contributed by atoms with Gasteiger partial charge >= 0.3 is 0 Å². The monoisotopic (exact) mass is 401 g/mol. The van der Waals surface area contributed by atoms with E-state index in [1.54, 1.807) is 7.11 Å². The molecule has 5 rings (SSSR count). The molecular formula is C24H23N3O3. The van der Waals surface area contributed by atoms with Crippen molar-refractivity contribution in [3.8, 4) is 22.8 Å². The van der Waals surface area contributed by atoms with Crippen molar-refractivity contribution in [1.29, 1.82) is 0 Å². The van der Waals surface area contributed by atoms with Gasteiger partial charge in [0.15, 0.2) is 11.6 Å². The van der Waals surface area contributed by atoms with Crippen LogP contribution in [0.2, 0.25) is 0 Å². The third-order valence-electron chi connectivity index (χ3n) is 6.03. The Bertz CT molecular complexity index is 1060. The summed E-state index contributed by atoms with van der Waals surface area (Å²) in [6, 6.07) is 19.3. The van der Waals surface area contributed by atoms with Gasteiger partial charge in [0.25, 0.3) is 0 Å². The number of nitrogens with zero attached hydrogens (tertiary/aromatic N) is 3. The zero-order valence-corrected chi connectivity index (χ0v) is 16.9. The summed E-state index contributed by atoms with van der Waals surface area (Å²) in [5.74, 6) is 2.56. The number of aromatic nitrogens is 2. The number of fused-ring (bicyclic) bond motifs is 1. The highest BCUT2D eigenvalue weighted by Crippen LogP contribution is 2.39. The van der Waals surface area contributed by atoms with E-state index >= 15 is 0 Å². The van der Waals surface area contributed by atoms with Gasteiger partial charge in [0.1, 0.15) is 17.1 Å². The molecule has 3 aromatic rings. The van der Waals surface area contributed by atoms with Gasteiger partial charge in [0.05, 0.1) is 24.8 Å². The second-order valence-electron chi connectivity index (χ2n) is 7.87. The number of piperidine rings is 1. The van der Waals surface area contributed by atoms with Gasteiger partial charge in [0, 0.05) is 31.5 Å². The topological polar surface area (TPSA) is 64.5 Å². The highest BCUT2D eigenvalue weighted by Gasteiger charge is 2.43. The summed E-state index contributed by atoms with van der Waals surface area (Å²) in [5.41, 5.74) is 2.12. The zero-order valence-electron chi connectivity index (χ0n) is 16.9. The maximum absolute atomic E-state index is 12.6. The number of carbonyl (C=O) groups is 1. The van der Waals surface area contributed by atoms with E-state index in [0.717, 1.165) is 48.8 Å². The average molecular weight is 401 g/mol. The minimum atomic E-state index is -0.404. The molecule has 1 spiro atoms. The van der Waals surface area contributed by atoms with Crippen LogP contribution < -0.4 is 14.4 Å². The van der Waals surface area contributed by atoms with Crippen LogP contribution in [0.3, 0.4) is 0 Å². The van der Waals surface area contributed by atoms with Gasteiger partial charge in [-0.2, -0.15) is 0 Å². The van der Waals surface area contributed by atoms with Crippen LogP contribution >= 0.6 is 0 Å². The molecule has 2 aliphatic rings. The molecule has 152 valence electrons. The largest absolute Gasteiger partial charge is 0.497 e. The molecule has 0 N–H and O–H groups in total. The van der Waals surface area contributed by atoms with Crippen LogP contribution in [0, 0.1) is 0 Å². The molecule has 0 saturated carbocycles. The molecule has 6 nitrogen and oxygen atoms in total. The second kappa shape index (κ2) is 7.44. The molecule has 2 aliphatic heterocycles. The smallest absolute Gasteiger partial charge is 0.170 e. The van der Waals surface area contributed by atoms with E-state index in [-0.39, 0.29) is 5.78 Å². The molecule has 1 saturated heterocycles. The Balaban J connectivity index is 1.27. The summed E-state index contributed by atoms with van der Waals surface area (Å²) in [7, 11) is 1.65. The van der Waals surface area contributed by atoms with Crippen LogP contribution in [0.1, 0.15) is 29.6 Å². The van der Waals surface area contributed by atoms with E-state index < -0.39 is 5.60 Å². The predicted octanol–water partition coefficient (Wildman–Crippen LogP) is 4.16. The first-order valence-electron chi connectivity index (χ1n) is 10.2. The van der Waals surface area contributed by atoms with Gasteiger partial charge in [-0.25, -0.2) is 0 Å². The third-order valence-corrected chi connectivity index (χ3v) is 6.03. The van der Waals surface area contributed by atoms with Crippen LogP contribution in [0.5, 0.6) is 11.5 Å². The standard InChI is InChI=1S/C24H23N3O3/c1-29-18-8-6-17(7-9-18)20-10-11-23(26-25-20)27-14-12-24(13-15-27)16-21(28)19-4-2-3-5-22(19)30-24/h2-11H,12-16H2,1H3. The highest BCUT2D eigenvalue weighted by molar-refractivity contribution is 6.00. The Kier molecular flexibility index (Phi) is 4.62. The predicted molar refractivity (Wildman–Crippen MR) is 114 cm³/mol. The van der Waals surface area contributed by atoms with Crippen molar-refractivity contribution in [2.24, 2.45) is 0 Å². The van der Waals surface area contributed by atoms with E-state index in [1.807, 2.05) is 60.7 Å². The lowest BCUT2D eigenvalue weighted by molar-refractivity contribution is 0.0231. The minimum Gasteiger partial charge on any atom is -0.497 e. The van der Waals surface area contributed by atoms with Crippen molar-refractivity contribution >= 4 is 11.6 Å². The SMILES string of the molecule is COc1ccc(-c2ccc(N3CCC4(CC3)CC(=O)c3ccccc3O4)nn2)cc1. The Hall–Kier alpha value is -3.41. The van der Waals surface area contributed by atoms with E-state index in [0.29, 0.717) is 17.7 Å². The van der Waals surface area contributed by atoms with Crippen LogP contribution in [-0.2, 0) is 0 Å². The molecule has 3 heterocycles. The molecule has 0 radical (unpaired) electrons. The number of ether oxygens (including phenoxy) is 2. The van der Waals surface area contributed by atoms with Gasteiger partial charge < -0.3 is 14.4 Å². The van der Waals surface area contributed by atoms with Crippen LogP contribution in [0.4, 0.5) is 5.82 Å². The normalized spacial score (nSPS) is 17.4. The van der Waals surface area contributed by atoms with Crippen LogP contribution in [-0.4, -0.2) is 41.8 Å². The van der Waals surface area contributed by atoms with Crippen molar-refractivity contribution in [3.63, 3.8) is 0 Å². The summed E-state index contributed by atoms with van der Waals surface area (Å²) in [6.45, 7) is 1.57. The number of anilines is 1. The Morgan fingerprint density at radius 2 is 1.73 bits per heavy atom. The van der Waals surface area contributed by atoms with E-state index in [2.05, 4.69) is 15.1 Å². The molecule has 0 bridgehead atoms. The number of para-hydroxylation sites is 1. The lowest BCUT2D eigenvalue weighted by Crippen LogP contribution is -2.51. The van der Waals surface area contributed by atoms with Gasteiger partial charge in [-0.05, 0) is 48.5 Å². The quantitative estimate of drug-likeness (QED) is 0.657. The van der Waals surface area contributed by atoms with Crippen molar-refractivity contribution < 1.29 is 14.3 Å². The average Bonchev–Trinajstić information content (AvgIpc) is 2.80. The van der Waals surface area contributed by atoms with E-state index in [9.17, 15) is 4.79 Å². The van der Waals surface area contributed by atoms with Gasteiger partial charge in [-0.1, -0.05) is 12.1 Å². The Morgan fingerprint density at radius 3 is 2.43 bits per heavy atom. The van der Waals surface area contributed by atoms with E-state index in [1.165, 1.54) is 0 Å². The first-order chi connectivity index (χ1) is 14.7. The fourth-order valence-electron chi connectivity index (χ4n) is 4.27. The lowest BCUT2D eigenvalue weighted by atomic mass is 9.82. The number of hydrogen-bond donors (Lipinski definition) is 0. The molecule has 0 unspecified atom stereocenters. The Labute approximate surface area is 175 Å². The number of hydrogen-bond acceptors (Lipinski definition) is 6. The molecule has 1 aromatic heterocycles. The highest BCUT2D eigenvalue weighted by atomic mass is 16.5. The fraction of sp³-hybridized carbons (Fsp3) is 0.292. The van der Waals surface area contributed by atoms with E-state index in [4.69, 9.17) is 9.47 Å². The van der Waals surface area contributed by atoms with Crippen LogP contribution in [0.15, 0.2) is 60.7 Å². The first-order valence-corrected chi connectivity index (χ1v) is 10.2. The molecule has 0 atom stereocenters. The summed E-state index contributed by atoms with van der Waals surface area (Å²) >= 11 is 0. The second-order valence-corrected chi connectivity index (χ2v) is 7.87. The molecule has 2 aromatic carbocycles. The number of Topliss-reactive ketones (excluding diaryl/α,β-unsaturated/α-hetero) is 1. The number of rotatable bonds is 3. The minimum absolute atomic E-state index is 0.175. The molecular weight excluding hydrogens is 378 g/mol. The fourth-order valence-corrected chi connectivity index (χ4v) is 4.27. The number of methoxy groups -OCH3 is 1. The maximum Gasteiger partial charge on any atom is 0.170 e. The molecule has 0 aliphatic carbocycles. The van der Waals surface area contributed by atoms with Gasteiger partial charge in [-0.15, -0.1) is 10.2 Å². The zero-order chi connectivity index (χ0) is 20.6. The molecule has 6 heteroatoms. The third kappa shape index (κ3) is 3.38. The molecule has 30 heavy (non-hydrogen) atoms. The van der Waals surface area contributed by atoms with Crippen molar-refractivity contribution in [3.05, 3.63) is 66.2 Å². The summed E-state index contributed by atoms with van der Waals surface area (Å²) in [5, 5.41) is 8.85. The van der Waals surface area contributed by atoms with Crippen LogP contribution in [0.25, 0.3) is 11.3 Å². The molecule has 0 amide bonds. The number of carbonyl (C=O) groups excluding carboxylic acids is 1. The maximum atomic E-state index is 12.6. The number of benzene rings is 2. The van der Waals surface area contributed by atoms with Gasteiger partial charge in [-0.3, -0.25) is 4.79 Å². The van der Waals surface area contributed by atoms with Crippen molar-refractivity contribution in [2.45, 2.75) is 24.9 Å². The summed E-state index contributed by atoms with van der Waals surface area (Å²) in [4.78, 5) is 14.8. The first kappa shape index (κ1) is 18.6. The van der Waals surface area contributed by atoms with Crippen molar-refractivity contribution in [2.75, 3.05) is 25.1 Å². The lowest BCUT2D eigenvalue weighted by Gasteiger charge is -2.44. The summed E-state index contributed by atoms with van der Waals surface area (Å²) < 4.78 is 11.5. The van der Waals surface area contributed by atoms with Crippen molar-refractivity contribution in [1.82, 2.24) is 10.2 Å². The Morgan fingerprint density at radius 1 is 0.967 bits per heavy atom. The number of ketones is 1. The molecule has 1 fully saturated rings.